The van der Waals surface area contributed by atoms with E-state index in [0.717, 1.165) is 12.3 Å². The van der Waals surface area contributed by atoms with E-state index in [2.05, 4.69) is 9.72 Å². The van der Waals surface area contributed by atoms with Crippen molar-refractivity contribution in [2.75, 3.05) is 33.9 Å². The molecule has 0 aromatic carbocycles. The topological polar surface area (TPSA) is 68.7 Å². The number of hydrogen-bond acceptors (Lipinski definition) is 5. The standard InChI is InChI=1S/C13H17FN2O4/c1-19-8-7-16(6-5-12(17)20-2)13(18)10-3-4-11(14)15-9-10/h3-4,9H,5-8H2,1-2H3. The van der Waals surface area contributed by atoms with Crippen molar-refractivity contribution in [3.05, 3.63) is 29.8 Å². The minimum Gasteiger partial charge on any atom is -0.469 e. The van der Waals surface area contributed by atoms with Crippen molar-refractivity contribution in [3.8, 4) is 0 Å². The van der Waals surface area contributed by atoms with Gasteiger partial charge in [0.1, 0.15) is 0 Å². The van der Waals surface area contributed by atoms with Crippen LogP contribution in [0.5, 0.6) is 0 Å². The summed E-state index contributed by atoms with van der Waals surface area (Å²) in [5.41, 5.74) is 0.257. The summed E-state index contributed by atoms with van der Waals surface area (Å²) in [5.74, 6) is -1.39. The molecule has 0 aliphatic heterocycles. The minimum atomic E-state index is -0.653. The van der Waals surface area contributed by atoms with Gasteiger partial charge < -0.3 is 14.4 Å². The number of ether oxygens (including phenoxy) is 2. The van der Waals surface area contributed by atoms with Gasteiger partial charge in [0.2, 0.25) is 5.95 Å². The predicted octanol–water partition coefficient (Wildman–Crippen LogP) is 0.872. The van der Waals surface area contributed by atoms with Crippen molar-refractivity contribution < 1.29 is 23.5 Å². The van der Waals surface area contributed by atoms with E-state index in [-0.39, 0.29) is 24.4 Å². The molecule has 0 bridgehead atoms. The molecule has 0 saturated carbocycles. The molecule has 1 heterocycles. The van der Waals surface area contributed by atoms with Gasteiger partial charge in [-0.1, -0.05) is 0 Å². The van der Waals surface area contributed by atoms with Crippen LogP contribution in [0.15, 0.2) is 18.3 Å². The zero-order valence-electron chi connectivity index (χ0n) is 11.5. The second-order valence-corrected chi connectivity index (χ2v) is 3.98. The number of esters is 1. The Hall–Kier alpha value is -2.02. The highest BCUT2D eigenvalue weighted by Crippen LogP contribution is 2.06. The van der Waals surface area contributed by atoms with Crippen molar-refractivity contribution in [2.24, 2.45) is 0 Å². The van der Waals surface area contributed by atoms with Gasteiger partial charge in [0.25, 0.3) is 5.91 Å². The number of methoxy groups -OCH3 is 2. The molecule has 0 aliphatic carbocycles. The van der Waals surface area contributed by atoms with E-state index in [1.807, 2.05) is 0 Å². The maximum atomic E-state index is 12.7. The lowest BCUT2D eigenvalue weighted by Gasteiger charge is -2.21. The zero-order chi connectivity index (χ0) is 15.0. The molecule has 0 radical (unpaired) electrons. The molecule has 1 aromatic rings. The molecule has 0 aliphatic rings. The third-order valence-electron chi connectivity index (χ3n) is 2.64. The fraction of sp³-hybridized carbons (Fsp3) is 0.462. The summed E-state index contributed by atoms with van der Waals surface area (Å²) >= 11 is 0. The molecule has 1 aromatic heterocycles. The van der Waals surface area contributed by atoms with Crippen LogP contribution in [0, 0.1) is 5.95 Å². The lowest BCUT2D eigenvalue weighted by Crippen LogP contribution is -2.35. The maximum absolute atomic E-state index is 12.7. The molecule has 0 saturated heterocycles. The van der Waals surface area contributed by atoms with E-state index in [0.29, 0.717) is 13.2 Å². The summed E-state index contributed by atoms with van der Waals surface area (Å²) in [4.78, 5) is 28.2. The Morgan fingerprint density at radius 2 is 2.05 bits per heavy atom. The molecule has 1 rings (SSSR count). The second-order valence-electron chi connectivity index (χ2n) is 3.98. The highest BCUT2D eigenvalue weighted by molar-refractivity contribution is 5.94. The van der Waals surface area contributed by atoms with E-state index in [4.69, 9.17) is 4.74 Å². The Balaban J connectivity index is 2.72. The molecule has 110 valence electrons. The van der Waals surface area contributed by atoms with Crippen LogP contribution in [0.4, 0.5) is 4.39 Å². The van der Waals surface area contributed by atoms with E-state index >= 15 is 0 Å². The number of pyridine rings is 1. The molecule has 0 unspecified atom stereocenters. The lowest BCUT2D eigenvalue weighted by molar-refractivity contribution is -0.140. The Kier molecular flexibility index (Phi) is 6.58. The monoisotopic (exact) mass is 284 g/mol. The van der Waals surface area contributed by atoms with Crippen LogP contribution in [0.2, 0.25) is 0 Å². The Morgan fingerprint density at radius 3 is 2.60 bits per heavy atom. The molecule has 0 spiro atoms. The highest BCUT2D eigenvalue weighted by atomic mass is 19.1. The molecular formula is C13H17FN2O4. The average molecular weight is 284 g/mol. The van der Waals surface area contributed by atoms with Gasteiger partial charge in [0.15, 0.2) is 0 Å². The largest absolute Gasteiger partial charge is 0.469 e. The van der Waals surface area contributed by atoms with Gasteiger partial charge in [-0.15, -0.1) is 0 Å². The third-order valence-corrected chi connectivity index (χ3v) is 2.64. The first-order valence-electron chi connectivity index (χ1n) is 6.05. The van der Waals surface area contributed by atoms with Crippen LogP contribution in [0.1, 0.15) is 16.8 Å². The summed E-state index contributed by atoms with van der Waals surface area (Å²) < 4.78 is 22.2. The van der Waals surface area contributed by atoms with E-state index in [9.17, 15) is 14.0 Å². The number of hydrogen-bond donors (Lipinski definition) is 0. The molecule has 7 heteroatoms. The van der Waals surface area contributed by atoms with Crippen molar-refractivity contribution in [3.63, 3.8) is 0 Å². The van der Waals surface area contributed by atoms with Crippen LogP contribution >= 0.6 is 0 Å². The first kappa shape index (κ1) is 16.0. The summed E-state index contributed by atoms with van der Waals surface area (Å²) in [6, 6.07) is 2.46. The van der Waals surface area contributed by atoms with Crippen molar-refractivity contribution >= 4 is 11.9 Å². The molecule has 0 atom stereocenters. The smallest absolute Gasteiger partial charge is 0.307 e. The van der Waals surface area contributed by atoms with Gasteiger partial charge in [-0.05, 0) is 12.1 Å². The van der Waals surface area contributed by atoms with Gasteiger partial charge in [-0.25, -0.2) is 4.98 Å². The lowest BCUT2D eigenvalue weighted by atomic mass is 10.2. The Morgan fingerprint density at radius 1 is 1.30 bits per heavy atom. The van der Waals surface area contributed by atoms with Crippen molar-refractivity contribution in [2.45, 2.75) is 6.42 Å². The number of aromatic nitrogens is 1. The summed E-state index contributed by atoms with van der Waals surface area (Å²) in [6.07, 6.45) is 1.25. The first-order valence-corrected chi connectivity index (χ1v) is 6.05. The number of carbonyl (C=O) groups is 2. The van der Waals surface area contributed by atoms with Crippen molar-refractivity contribution in [1.29, 1.82) is 0 Å². The van der Waals surface area contributed by atoms with Crippen LogP contribution in [0.3, 0.4) is 0 Å². The maximum Gasteiger partial charge on any atom is 0.307 e. The van der Waals surface area contributed by atoms with Gasteiger partial charge in [-0.2, -0.15) is 4.39 Å². The van der Waals surface area contributed by atoms with Gasteiger partial charge >= 0.3 is 5.97 Å². The van der Waals surface area contributed by atoms with Crippen LogP contribution < -0.4 is 0 Å². The highest BCUT2D eigenvalue weighted by Gasteiger charge is 2.17. The Bertz CT molecular complexity index is 450. The average Bonchev–Trinajstić information content (AvgIpc) is 2.47. The molecule has 0 fully saturated rings. The van der Waals surface area contributed by atoms with E-state index in [1.54, 1.807) is 0 Å². The van der Waals surface area contributed by atoms with Crippen LogP contribution in [-0.4, -0.2) is 55.7 Å². The number of rotatable bonds is 7. The van der Waals surface area contributed by atoms with Crippen LogP contribution in [-0.2, 0) is 14.3 Å². The van der Waals surface area contributed by atoms with E-state index < -0.39 is 11.9 Å². The number of carbonyl (C=O) groups excluding carboxylic acids is 2. The molecule has 20 heavy (non-hydrogen) atoms. The van der Waals surface area contributed by atoms with E-state index in [1.165, 1.54) is 25.2 Å². The fourth-order valence-electron chi connectivity index (χ4n) is 1.53. The summed E-state index contributed by atoms with van der Waals surface area (Å²) in [5, 5.41) is 0. The normalized spacial score (nSPS) is 10.2. The fourth-order valence-corrected chi connectivity index (χ4v) is 1.53. The number of halogens is 1. The summed E-state index contributed by atoms with van der Waals surface area (Å²) in [6.45, 7) is 0.859. The van der Waals surface area contributed by atoms with Crippen molar-refractivity contribution in [1.82, 2.24) is 9.88 Å². The molecule has 1 amide bonds. The minimum absolute atomic E-state index is 0.0839. The Labute approximate surface area is 116 Å². The summed E-state index contributed by atoms with van der Waals surface area (Å²) in [7, 11) is 2.80. The first-order chi connectivity index (χ1) is 9.58. The van der Waals surface area contributed by atoms with Gasteiger partial charge in [0.05, 0.1) is 25.7 Å². The quantitative estimate of drug-likeness (QED) is 0.549. The number of amides is 1. The van der Waals surface area contributed by atoms with Gasteiger partial charge in [-0.3, -0.25) is 9.59 Å². The SMILES string of the molecule is COCCN(CCC(=O)OC)C(=O)c1ccc(F)nc1. The molecular weight excluding hydrogens is 267 g/mol. The molecule has 6 nitrogen and oxygen atoms in total. The van der Waals surface area contributed by atoms with Crippen LogP contribution in [0.25, 0.3) is 0 Å². The second kappa shape index (κ2) is 8.21. The zero-order valence-corrected chi connectivity index (χ0v) is 11.5. The number of nitrogens with zero attached hydrogens (tertiary/aromatic N) is 2. The van der Waals surface area contributed by atoms with Gasteiger partial charge in [0, 0.05) is 26.4 Å². The molecule has 0 N–H and O–H groups in total. The third kappa shape index (κ3) is 4.93. The predicted molar refractivity (Wildman–Crippen MR) is 68.6 cm³/mol.